The molecule has 0 bridgehead atoms. The molecule has 138 valence electrons. The van der Waals surface area contributed by atoms with E-state index in [0.717, 1.165) is 24.5 Å². The van der Waals surface area contributed by atoms with Gasteiger partial charge in [0.15, 0.2) is 0 Å². The zero-order valence-corrected chi connectivity index (χ0v) is 15.6. The van der Waals surface area contributed by atoms with Crippen LogP contribution in [0.25, 0.3) is 0 Å². The van der Waals surface area contributed by atoms with Gasteiger partial charge in [-0.05, 0) is 43.9 Å². The molecule has 1 aliphatic heterocycles. The molecule has 0 radical (unpaired) electrons. The van der Waals surface area contributed by atoms with Gasteiger partial charge in [0.2, 0.25) is 0 Å². The second-order valence-electron chi connectivity index (χ2n) is 6.50. The topological polar surface area (TPSA) is 95.8 Å². The van der Waals surface area contributed by atoms with Crippen molar-refractivity contribution in [3.05, 3.63) is 65.0 Å². The van der Waals surface area contributed by atoms with Crippen molar-refractivity contribution in [2.24, 2.45) is 5.73 Å². The summed E-state index contributed by atoms with van der Waals surface area (Å²) in [6.45, 7) is 5.91. The van der Waals surface area contributed by atoms with Crippen LogP contribution in [0.1, 0.15) is 54.5 Å². The third-order valence-corrected chi connectivity index (χ3v) is 4.44. The van der Waals surface area contributed by atoms with Crippen molar-refractivity contribution in [1.82, 2.24) is 4.98 Å². The Morgan fingerprint density at radius 2 is 1.73 bits per heavy atom. The highest BCUT2D eigenvalue weighted by Crippen LogP contribution is 2.22. The fourth-order valence-corrected chi connectivity index (χ4v) is 2.88. The summed E-state index contributed by atoms with van der Waals surface area (Å²) in [5, 5.41) is 16.0. The maximum absolute atomic E-state index is 8.41. The lowest BCUT2D eigenvalue weighted by molar-refractivity contribution is 0.0968. The van der Waals surface area contributed by atoms with Crippen LogP contribution in [0, 0.1) is 17.7 Å². The fraction of sp³-hybridized carbons (Fsp3) is 0.381. The Hall–Kier alpha value is -2.53. The standard InChI is InChI=1S/C16H18N4.C5H10O/c1-10-9-12(7-8-20-10)11(2)15(17)13-5-3-4-6-14(13)16(18)19;1-2-4-6-5-3-1/h3-9,11,17H,1-2H3,(H3,18,19);1-5H2. The monoisotopic (exact) mass is 352 g/mol. The Balaban J connectivity index is 0.000000342. The Labute approximate surface area is 155 Å². The average molecular weight is 352 g/mol. The van der Waals surface area contributed by atoms with Gasteiger partial charge >= 0.3 is 0 Å². The lowest BCUT2D eigenvalue weighted by atomic mass is 9.89. The second-order valence-corrected chi connectivity index (χ2v) is 6.50. The minimum atomic E-state index is -0.0720. The molecule has 3 rings (SSSR count). The summed E-state index contributed by atoms with van der Waals surface area (Å²) in [6.07, 6.45) is 5.69. The summed E-state index contributed by atoms with van der Waals surface area (Å²) < 4.78 is 5.07. The van der Waals surface area contributed by atoms with Crippen molar-refractivity contribution in [1.29, 1.82) is 10.8 Å². The molecule has 2 heterocycles. The summed E-state index contributed by atoms with van der Waals surface area (Å²) in [5.74, 6) is -0.0827. The number of hydrogen-bond acceptors (Lipinski definition) is 4. The van der Waals surface area contributed by atoms with Gasteiger partial charge in [0.25, 0.3) is 0 Å². The van der Waals surface area contributed by atoms with Gasteiger partial charge in [-0.1, -0.05) is 31.2 Å². The first-order chi connectivity index (χ1) is 12.5. The molecule has 1 aromatic heterocycles. The molecule has 2 aromatic rings. The van der Waals surface area contributed by atoms with Crippen LogP contribution in [0.4, 0.5) is 0 Å². The number of rotatable bonds is 4. The largest absolute Gasteiger partial charge is 0.384 e. The molecule has 26 heavy (non-hydrogen) atoms. The number of pyridine rings is 1. The number of nitrogen functional groups attached to an aromatic ring is 1. The summed E-state index contributed by atoms with van der Waals surface area (Å²) in [5.41, 5.74) is 9.34. The number of ether oxygens (including phenoxy) is 1. The highest BCUT2D eigenvalue weighted by atomic mass is 16.5. The highest BCUT2D eigenvalue weighted by molar-refractivity contribution is 6.11. The van der Waals surface area contributed by atoms with Crippen LogP contribution in [0.2, 0.25) is 0 Å². The summed E-state index contributed by atoms with van der Waals surface area (Å²) in [7, 11) is 0. The van der Waals surface area contributed by atoms with Gasteiger partial charge in [-0.3, -0.25) is 10.4 Å². The number of nitrogens with zero attached hydrogens (tertiary/aromatic N) is 1. The van der Waals surface area contributed by atoms with Crippen LogP contribution in [-0.2, 0) is 4.74 Å². The molecule has 0 saturated carbocycles. The van der Waals surface area contributed by atoms with E-state index < -0.39 is 0 Å². The maximum atomic E-state index is 8.41. The molecule has 1 fully saturated rings. The van der Waals surface area contributed by atoms with Crippen molar-refractivity contribution in [3.8, 4) is 0 Å². The average Bonchev–Trinajstić information content (AvgIpc) is 2.68. The Morgan fingerprint density at radius 1 is 1.08 bits per heavy atom. The molecule has 1 atom stereocenters. The van der Waals surface area contributed by atoms with Gasteiger partial charge in [0.1, 0.15) is 5.84 Å². The van der Waals surface area contributed by atoms with E-state index in [4.69, 9.17) is 21.3 Å². The first-order valence-corrected chi connectivity index (χ1v) is 9.03. The molecule has 0 aliphatic carbocycles. The fourth-order valence-electron chi connectivity index (χ4n) is 2.88. The third kappa shape index (κ3) is 5.49. The smallest absolute Gasteiger partial charge is 0.123 e. The zero-order valence-electron chi connectivity index (χ0n) is 15.6. The first kappa shape index (κ1) is 19.8. The SMILES string of the molecule is C1CCOCC1.Cc1cc(C(C)C(=N)c2ccccc2C(=N)N)ccn1. The molecule has 1 aromatic carbocycles. The van der Waals surface area contributed by atoms with Gasteiger partial charge in [0.05, 0.1) is 0 Å². The lowest BCUT2D eigenvalue weighted by Gasteiger charge is -2.16. The van der Waals surface area contributed by atoms with Gasteiger partial charge in [-0.2, -0.15) is 0 Å². The summed E-state index contributed by atoms with van der Waals surface area (Å²) in [4.78, 5) is 4.18. The van der Waals surface area contributed by atoms with Crippen molar-refractivity contribution < 1.29 is 4.74 Å². The maximum Gasteiger partial charge on any atom is 0.123 e. The van der Waals surface area contributed by atoms with Crippen LogP contribution in [0.3, 0.4) is 0 Å². The van der Waals surface area contributed by atoms with Crippen LogP contribution in [0.5, 0.6) is 0 Å². The summed E-state index contributed by atoms with van der Waals surface area (Å²) >= 11 is 0. The quantitative estimate of drug-likeness (QED) is 0.572. The zero-order chi connectivity index (χ0) is 18.9. The van der Waals surface area contributed by atoms with Crippen molar-refractivity contribution in [2.75, 3.05) is 13.2 Å². The number of benzene rings is 1. The Morgan fingerprint density at radius 3 is 2.23 bits per heavy atom. The Bertz CT molecular complexity index is 742. The van der Waals surface area contributed by atoms with Gasteiger partial charge in [-0.25, -0.2) is 0 Å². The van der Waals surface area contributed by atoms with Crippen LogP contribution in [0.15, 0.2) is 42.6 Å². The first-order valence-electron chi connectivity index (χ1n) is 9.03. The van der Waals surface area contributed by atoms with Gasteiger partial charge in [0, 0.05) is 47.9 Å². The van der Waals surface area contributed by atoms with E-state index in [9.17, 15) is 0 Å². The highest BCUT2D eigenvalue weighted by Gasteiger charge is 2.17. The molecule has 1 saturated heterocycles. The van der Waals surface area contributed by atoms with E-state index in [-0.39, 0.29) is 11.8 Å². The van der Waals surface area contributed by atoms with Gasteiger partial charge < -0.3 is 15.9 Å². The minimum Gasteiger partial charge on any atom is -0.384 e. The normalized spacial score (nSPS) is 14.7. The molecule has 1 aliphatic rings. The van der Waals surface area contributed by atoms with Crippen LogP contribution >= 0.6 is 0 Å². The van der Waals surface area contributed by atoms with Crippen molar-refractivity contribution >= 4 is 11.5 Å². The van der Waals surface area contributed by atoms with E-state index in [1.54, 1.807) is 12.3 Å². The number of aromatic nitrogens is 1. The molecule has 5 nitrogen and oxygen atoms in total. The molecule has 4 N–H and O–H groups in total. The molecule has 0 spiro atoms. The number of nitrogens with two attached hydrogens (primary N) is 1. The predicted molar refractivity (Wildman–Crippen MR) is 106 cm³/mol. The number of aryl methyl sites for hydroxylation is 1. The molecular formula is C21H28N4O. The molecule has 1 unspecified atom stereocenters. The van der Waals surface area contributed by atoms with Gasteiger partial charge in [-0.15, -0.1) is 0 Å². The van der Waals surface area contributed by atoms with E-state index >= 15 is 0 Å². The van der Waals surface area contributed by atoms with E-state index in [2.05, 4.69) is 4.98 Å². The van der Waals surface area contributed by atoms with E-state index in [1.165, 1.54) is 19.3 Å². The van der Waals surface area contributed by atoms with Crippen LogP contribution in [-0.4, -0.2) is 29.7 Å². The molecule has 5 heteroatoms. The lowest BCUT2D eigenvalue weighted by Crippen LogP contribution is -2.19. The van der Waals surface area contributed by atoms with E-state index in [0.29, 0.717) is 16.8 Å². The predicted octanol–water partition coefficient (Wildman–Crippen LogP) is 4.03. The van der Waals surface area contributed by atoms with Crippen molar-refractivity contribution in [3.63, 3.8) is 0 Å². The number of hydrogen-bond donors (Lipinski definition) is 3. The number of amidine groups is 1. The van der Waals surface area contributed by atoms with Crippen LogP contribution < -0.4 is 5.73 Å². The Kier molecular flexibility index (Phi) is 7.48. The third-order valence-electron chi connectivity index (χ3n) is 4.44. The van der Waals surface area contributed by atoms with E-state index in [1.807, 2.05) is 44.2 Å². The summed E-state index contributed by atoms with van der Waals surface area (Å²) in [6, 6.07) is 11.2. The molecule has 0 amide bonds. The second kappa shape index (κ2) is 9.82. The number of nitrogens with one attached hydrogen (secondary N) is 2. The van der Waals surface area contributed by atoms with Crippen molar-refractivity contribution in [2.45, 2.75) is 39.0 Å². The molecular weight excluding hydrogens is 324 g/mol. The minimum absolute atomic E-state index is 0.0107.